The van der Waals surface area contributed by atoms with E-state index in [1.807, 2.05) is 42.8 Å². The van der Waals surface area contributed by atoms with E-state index in [9.17, 15) is 0 Å². The number of para-hydroxylation sites is 2. The molecule has 5 heterocycles. The molecule has 0 unspecified atom stereocenters. The molecule has 0 bridgehead atoms. The van der Waals surface area contributed by atoms with Crippen LogP contribution in [0.25, 0.3) is 66.8 Å². The highest BCUT2D eigenvalue weighted by atomic mass is 32.1. The molecule has 0 aliphatic carbocycles. The molecule has 8 aromatic rings. The van der Waals surface area contributed by atoms with Gasteiger partial charge < -0.3 is 9.13 Å². The molecule has 0 spiro atoms. The fourth-order valence-corrected chi connectivity index (χ4v) is 6.41. The molecule has 204 valence electrons. The molecule has 0 aliphatic rings. The average Bonchev–Trinajstić information content (AvgIpc) is 3.78. The Bertz CT molecular complexity index is 2290. The molecule has 7 heteroatoms. The van der Waals surface area contributed by atoms with Crippen molar-refractivity contribution in [2.24, 2.45) is 0 Å². The first-order chi connectivity index (χ1) is 21.3. The lowest BCUT2D eigenvalue weighted by Gasteiger charge is -2.07. The van der Waals surface area contributed by atoms with Crippen LogP contribution >= 0.6 is 11.3 Å². The van der Waals surface area contributed by atoms with Crippen LogP contribution in [-0.2, 0) is 0 Å². The fourth-order valence-electron chi connectivity index (χ4n) is 5.65. The number of pyridine rings is 2. The molecule has 0 amide bonds. The van der Waals surface area contributed by atoms with Gasteiger partial charge in [-0.2, -0.15) is 0 Å². The van der Waals surface area contributed by atoms with Crippen LogP contribution in [0.5, 0.6) is 0 Å². The summed E-state index contributed by atoms with van der Waals surface area (Å²) in [5.74, 6) is 0. The predicted molar refractivity (Wildman–Crippen MR) is 177 cm³/mol. The molecule has 6 nitrogen and oxygen atoms in total. The number of hydrogen-bond donors (Lipinski definition) is 0. The molecule has 0 saturated heterocycles. The van der Waals surface area contributed by atoms with E-state index < -0.39 is 0 Å². The lowest BCUT2D eigenvalue weighted by atomic mass is 10.1. The van der Waals surface area contributed by atoms with Gasteiger partial charge in [-0.05, 0) is 72.8 Å². The topological polar surface area (TPSA) is 61.4 Å². The summed E-state index contributed by atoms with van der Waals surface area (Å²) in [6.07, 6.45) is 15.5. The predicted octanol–water partition coefficient (Wildman–Crippen LogP) is 8.76. The fraction of sp³-hybridized carbons (Fsp3) is 0. The van der Waals surface area contributed by atoms with Crippen LogP contribution in [-0.4, -0.2) is 29.3 Å². The van der Waals surface area contributed by atoms with Gasteiger partial charge in [0.2, 0.25) is 0 Å². The van der Waals surface area contributed by atoms with Gasteiger partial charge in [0.15, 0.2) is 0 Å². The van der Waals surface area contributed by atoms with E-state index >= 15 is 0 Å². The summed E-state index contributed by atoms with van der Waals surface area (Å²) < 4.78 is 4.48. The Morgan fingerprint density at radius 2 is 1.30 bits per heavy atom. The summed E-state index contributed by atoms with van der Waals surface area (Å²) in [6, 6.07) is 33.7. The van der Waals surface area contributed by atoms with Crippen LogP contribution < -0.4 is 0 Å². The minimum atomic E-state index is 0.852. The zero-order valence-corrected chi connectivity index (χ0v) is 23.8. The number of benzene rings is 3. The second-order valence-electron chi connectivity index (χ2n) is 10.1. The summed E-state index contributed by atoms with van der Waals surface area (Å²) in [4.78, 5) is 8.67. The Balaban J connectivity index is 1.09. The molecule has 3 aromatic carbocycles. The number of rotatable bonds is 6. The van der Waals surface area contributed by atoms with Crippen molar-refractivity contribution in [1.29, 1.82) is 0 Å². The maximum absolute atomic E-state index is 4.52. The minimum absolute atomic E-state index is 0.852. The van der Waals surface area contributed by atoms with Crippen LogP contribution in [0.1, 0.15) is 10.7 Å². The zero-order valence-electron chi connectivity index (χ0n) is 22.9. The highest BCUT2D eigenvalue weighted by Gasteiger charge is 2.14. The minimum Gasteiger partial charge on any atom is -0.308 e. The van der Waals surface area contributed by atoms with Gasteiger partial charge in [-0.1, -0.05) is 59.9 Å². The normalized spacial score (nSPS) is 12.0. The molecular formula is C36H24N6S. The van der Waals surface area contributed by atoms with Crippen molar-refractivity contribution in [2.45, 2.75) is 0 Å². The quantitative estimate of drug-likeness (QED) is 0.187. The third-order valence-corrected chi connectivity index (χ3v) is 8.46. The highest BCUT2D eigenvalue weighted by Crippen LogP contribution is 2.35. The highest BCUT2D eigenvalue weighted by molar-refractivity contribution is 7.15. The number of aromatic nitrogens is 6. The van der Waals surface area contributed by atoms with Gasteiger partial charge in [0.05, 0.1) is 40.3 Å². The molecule has 8 rings (SSSR count). The summed E-state index contributed by atoms with van der Waals surface area (Å²) >= 11 is 1.58. The monoisotopic (exact) mass is 572 g/mol. The molecule has 5 aromatic heterocycles. The smallest absolute Gasteiger partial charge is 0.148 e. The maximum Gasteiger partial charge on any atom is 0.148 e. The Morgan fingerprint density at radius 1 is 0.581 bits per heavy atom. The van der Waals surface area contributed by atoms with Gasteiger partial charge in [-0.3, -0.25) is 9.97 Å². The van der Waals surface area contributed by atoms with Crippen LogP contribution in [0.2, 0.25) is 0 Å². The van der Waals surface area contributed by atoms with Crippen molar-refractivity contribution in [3.63, 3.8) is 0 Å². The van der Waals surface area contributed by atoms with Crippen molar-refractivity contribution >= 4 is 56.2 Å². The lowest BCUT2D eigenvalue weighted by molar-refractivity contribution is 1.08. The average molecular weight is 573 g/mol. The van der Waals surface area contributed by atoms with Crippen LogP contribution in [0, 0.1) is 0 Å². The summed E-state index contributed by atoms with van der Waals surface area (Å²) in [5.41, 5.74) is 7.63. The van der Waals surface area contributed by atoms with Gasteiger partial charge in [0, 0.05) is 39.8 Å². The van der Waals surface area contributed by atoms with Crippen molar-refractivity contribution in [3.8, 4) is 21.9 Å². The Labute approximate surface area is 251 Å². The first-order valence-electron chi connectivity index (χ1n) is 14.0. The van der Waals surface area contributed by atoms with Crippen LogP contribution in [0.15, 0.2) is 134 Å². The Hall–Kier alpha value is -5.66. The third kappa shape index (κ3) is 4.52. The van der Waals surface area contributed by atoms with Crippen molar-refractivity contribution in [3.05, 3.63) is 145 Å². The molecule has 0 aliphatic heterocycles. The van der Waals surface area contributed by atoms with Crippen molar-refractivity contribution in [2.75, 3.05) is 0 Å². The van der Waals surface area contributed by atoms with E-state index in [0.29, 0.717) is 0 Å². The molecule has 0 saturated carbocycles. The number of hydrogen-bond acceptors (Lipinski definition) is 5. The molecule has 0 radical (unpaired) electrons. The van der Waals surface area contributed by atoms with E-state index in [0.717, 1.165) is 49.2 Å². The van der Waals surface area contributed by atoms with E-state index in [-0.39, 0.29) is 0 Å². The van der Waals surface area contributed by atoms with E-state index in [4.69, 9.17) is 0 Å². The number of fused-ring (bicyclic) bond motifs is 4. The van der Waals surface area contributed by atoms with Gasteiger partial charge >= 0.3 is 0 Å². The first kappa shape index (κ1) is 25.1. The van der Waals surface area contributed by atoms with Gasteiger partial charge in [0.25, 0.3) is 0 Å². The Morgan fingerprint density at radius 3 is 2.12 bits per heavy atom. The van der Waals surface area contributed by atoms with Gasteiger partial charge in [-0.15, -0.1) is 10.2 Å². The van der Waals surface area contributed by atoms with E-state index in [2.05, 4.69) is 120 Å². The second-order valence-corrected chi connectivity index (χ2v) is 11.1. The molecule has 0 N–H and O–H groups in total. The maximum atomic E-state index is 4.52. The molecule has 0 fully saturated rings. The van der Waals surface area contributed by atoms with Crippen molar-refractivity contribution in [1.82, 2.24) is 29.3 Å². The standard InChI is InChI=1S/C36H24N6S/c1-4-14-32-25(9-1)21-27(41(32)28-11-7-19-37-23-28)10-2-6-16-35-39-40-36(43-35)26-17-18-34-31(22-26)30-13-3-5-15-33(30)42(34)29-12-8-20-38-24-29/h1-24H/b10-2-,16-6+. The largest absolute Gasteiger partial charge is 0.308 e. The van der Waals surface area contributed by atoms with Crippen molar-refractivity contribution < 1.29 is 0 Å². The first-order valence-corrected chi connectivity index (χ1v) is 14.8. The summed E-state index contributed by atoms with van der Waals surface area (Å²) in [7, 11) is 0. The van der Waals surface area contributed by atoms with Crippen LogP contribution in [0.3, 0.4) is 0 Å². The summed E-state index contributed by atoms with van der Waals surface area (Å²) in [5, 5.41) is 14.3. The van der Waals surface area contributed by atoms with Gasteiger partial charge in [0.1, 0.15) is 10.0 Å². The Kier molecular flexibility index (Phi) is 6.20. The third-order valence-electron chi connectivity index (χ3n) is 7.52. The SMILES string of the molecule is C(=C/c1cc2ccccc2n1-c1cccnc1)/C=C/c1nnc(-c2ccc3c(c2)c2ccccc2n3-c2cccnc2)s1. The zero-order chi connectivity index (χ0) is 28.6. The second kappa shape index (κ2) is 10.6. The van der Waals surface area contributed by atoms with Gasteiger partial charge in [-0.25, -0.2) is 0 Å². The number of nitrogens with zero attached hydrogens (tertiary/aromatic N) is 6. The van der Waals surface area contributed by atoms with Crippen LogP contribution in [0.4, 0.5) is 0 Å². The summed E-state index contributed by atoms with van der Waals surface area (Å²) in [6.45, 7) is 0. The lowest BCUT2D eigenvalue weighted by Crippen LogP contribution is -1.96. The molecule has 0 atom stereocenters. The van der Waals surface area contributed by atoms with E-state index in [1.165, 1.54) is 16.2 Å². The molecule has 43 heavy (non-hydrogen) atoms. The molecular weight excluding hydrogens is 549 g/mol. The van der Waals surface area contributed by atoms with E-state index in [1.54, 1.807) is 23.7 Å². The number of allylic oxidation sites excluding steroid dienone is 2.